The summed E-state index contributed by atoms with van der Waals surface area (Å²) in [5.41, 5.74) is 4.56. The van der Waals surface area contributed by atoms with Crippen molar-refractivity contribution in [3.05, 3.63) is 59.7 Å². The van der Waals surface area contributed by atoms with Crippen LogP contribution in [0.3, 0.4) is 0 Å². The number of rotatable bonds is 11. The van der Waals surface area contributed by atoms with E-state index in [-0.39, 0.29) is 36.7 Å². The number of amides is 2. The van der Waals surface area contributed by atoms with Crippen molar-refractivity contribution in [2.45, 2.75) is 52.0 Å². The highest BCUT2D eigenvalue weighted by Crippen LogP contribution is 2.44. The van der Waals surface area contributed by atoms with Crippen LogP contribution in [0.15, 0.2) is 48.5 Å². The first kappa shape index (κ1) is 25.3. The van der Waals surface area contributed by atoms with Gasteiger partial charge in [0.05, 0.1) is 0 Å². The number of hydrogen-bond donors (Lipinski definition) is 3. The zero-order chi connectivity index (χ0) is 24.7. The van der Waals surface area contributed by atoms with Gasteiger partial charge in [0, 0.05) is 18.9 Å². The number of benzene rings is 2. The van der Waals surface area contributed by atoms with Crippen LogP contribution in [0.4, 0.5) is 4.79 Å². The first-order valence-electron chi connectivity index (χ1n) is 11.9. The van der Waals surface area contributed by atoms with Gasteiger partial charge in [-0.3, -0.25) is 9.59 Å². The van der Waals surface area contributed by atoms with E-state index in [4.69, 9.17) is 9.84 Å². The number of carbonyl (C=O) groups is 3. The van der Waals surface area contributed by atoms with Crippen LogP contribution >= 0.6 is 0 Å². The van der Waals surface area contributed by atoms with E-state index in [0.29, 0.717) is 19.4 Å². The van der Waals surface area contributed by atoms with Crippen molar-refractivity contribution in [3.63, 3.8) is 0 Å². The van der Waals surface area contributed by atoms with Crippen molar-refractivity contribution < 1.29 is 24.2 Å². The van der Waals surface area contributed by atoms with Crippen LogP contribution in [0, 0.1) is 11.8 Å². The molecular formula is C27H34N2O5. The minimum Gasteiger partial charge on any atom is -0.481 e. The van der Waals surface area contributed by atoms with Gasteiger partial charge in [-0.1, -0.05) is 75.7 Å². The highest BCUT2D eigenvalue weighted by molar-refractivity contribution is 5.86. The summed E-state index contributed by atoms with van der Waals surface area (Å²) in [5.74, 6) is -1.32. The summed E-state index contributed by atoms with van der Waals surface area (Å²) in [6.07, 6.45) is 0.692. The van der Waals surface area contributed by atoms with E-state index in [1.807, 2.05) is 45.0 Å². The Bertz CT molecular complexity index is 976. The summed E-state index contributed by atoms with van der Waals surface area (Å²) in [4.78, 5) is 36.3. The molecule has 7 nitrogen and oxygen atoms in total. The van der Waals surface area contributed by atoms with Gasteiger partial charge in [-0.2, -0.15) is 0 Å². The number of fused-ring (bicyclic) bond motifs is 3. The number of carboxylic acid groups (broad SMARTS) is 1. The third kappa shape index (κ3) is 6.16. The van der Waals surface area contributed by atoms with Gasteiger partial charge in [0.2, 0.25) is 5.91 Å². The maximum absolute atomic E-state index is 12.8. The fourth-order valence-electron chi connectivity index (χ4n) is 4.42. The number of carboxylic acids is 1. The molecule has 0 saturated carbocycles. The number of aliphatic carboxylic acids is 1. The number of hydrogen-bond acceptors (Lipinski definition) is 4. The molecular weight excluding hydrogens is 432 g/mol. The molecule has 0 aromatic heterocycles. The Morgan fingerprint density at radius 3 is 2.15 bits per heavy atom. The fourth-order valence-corrected chi connectivity index (χ4v) is 4.42. The third-order valence-corrected chi connectivity index (χ3v) is 6.57. The molecule has 0 aliphatic heterocycles. The van der Waals surface area contributed by atoms with Crippen molar-refractivity contribution in [2.75, 3.05) is 13.2 Å². The molecule has 3 atom stereocenters. The molecule has 0 spiro atoms. The molecule has 0 saturated heterocycles. The van der Waals surface area contributed by atoms with Crippen molar-refractivity contribution in [2.24, 2.45) is 11.8 Å². The zero-order valence-corrected chi connectivity index (χ0v) is 20.0. The van der Waals surface area contributed by atoms with Crippen molar-refractivity contribution >= 4 is 18.0 Å². The fraction of sp³-hybridized carbons (Fsp3) is 0.444. The largest absolute Gasteiger partial charge is 0.481 e. The van der Waals surface area contributed by atoms with Crippen LogP contribution in [0.5, 0.6) is 0 Å². The molecule has 0 bridgehead atoms. The van der Waals surface area contributed by atoms with Gasteiger partial charge in [0.25, 0.3) is 0 Å². The smallest absolute Gasteiger partial charge is 0.407 e. The van der Waals surface area contributed by atoms with E-state index in [9.17, 15) is 14.4 Å². The lowest BCUT2D eigenvalue weighted by Gasteiger charge is -2.24. The molecule has 2 aromatic carbocycles. The average molecular weight is 467 g/mol. The summed E-state index contributed by atoms with van der Waals surface area (Å²) in [5, 5.41) is 14.4. The third-order valence-electron chi connectivity index (χ3n) is 6.57. The molecule has 34 heavy (non-hydrogen) atoms. The Labute approximate surface area is 200 Å². The van der Waals surface area contributed by atoms with E-state index in [1.165, 1.54) is 0 Å². The molecule has 7 heteroatoms. The summed E-state index contributed by atoms with van der Waals surface area (Å²) in [6.45, 7) is 6.23. The number of alkyl carbamates (subject to hydrolysis) is 1. The first-order valence-corrected chi connectivity index (χ1v) is 11.9. The second-order valence-electron chi connectivity index (χ2n) is 9.12. The van der Waals surface area contributed by atoms with Gasteiger partial charge in [0.15, 0.2) is 0 Å². The Balaban J connectivity index is 1.58. The van der Waals surface area contributed by atoms with E-state index >= 15 is 0 Å². The molecule has 3 rings (SSSR count). The Morgan fingerprint density at radius 2 is 1.59 bits per heavy atom. The maximum Gasteiger partial charge on any atom is 0.407 e. The molecule has 2 amide bonds. The Kier molecular flexibility index (Phi) is 8.68. The second-order valence-corrected chi connectivity index (χ2v) is 9.12. The number of carbonyl (C=O) groups excluding carboxylic acids is 2. The monoisotopic (exact) mass is 466 g/mol. The van der Waals surface area contributed by atoms with Crippen molar-refractivity contribution in [3.8, 4) is 11.1 Å². The van der Waals surface area contributed by atoms with E-state index in [0.717, 1.165) is 22.3 Å². The van der Waals surface area contributed by atoms with Crippen LogP contribution in [0.2, 0.25) is 0 Å². The minimum absolute atomic E-state index is 0.0464. The SMILES string of the molecule is CCC(C)C(NC(=O)OCC1c2ccccc2-c2ccccc21)C(=O)NCCC(C)CC(=O)O. The topological polar surface area (TPSA) is 105 Å². The lowest BCUT2D eigenvalue weighted by Crippen LogP contribution is -2.50. The maximum atomic E-state index is 12.8. The minimum atomic E-state index is -0.853. The zero-order valence-electron chi connectivity index (χ0n) is 20.0. The van der Waals surface area contributed by atoms with Crippen molar-refractivity contribution in [1.29, 1.82) is 0 Å². The summed E-state index contributed by atoms with van der Waals surface area (Å²) in [7, 11) is 0. The molecule has 0 radical (unpaired) electrons. The van der Waals surface area contributed by atoms with Crippen LogP contribution in [-0.2, 0) is 14.3 Å². The summed E-state index contributed by atoms with van der Waals surface area (Å²) < 4.78 is 5.61. The van der Waals surface area contributed by atoms with Crippen LogP contribution in [0.1, 0.15) is 57.1 Å². The van der Waals surface area contributed by atoms with Crippen molar-refractivity contribution in [1.82, 2.24) is 10.6 Å². The average Bonchev–Trinajstić information content (AvgIpc) is 3.14. The van der Waals surface area contributed by atoms with Gasteiger partial charge in [0.1, 0.15) is 12.6 Å². The molecule has 1 aliphatic rings. The molecule has 182 valence electrons. The van der Waals surface area contributed by atoms with Crippen LogP contribution in [0.25, 0.3) is 11.1 Å². The van der Waals surface area contributed by atoms with Gasteiger partial charge < -0.3 is 20.5 Å². The van der Waals surface area contributed by atoms with E-state index in [2.05, 4.69) is 34.9 Å². The first-order chi connectivity index (χ1) is 16.3. The van der Waals surface area contributed by atoms with Crippen LogP contribution in [-0.4, -0.2) is 42.3 Å². The molecule has 0 heterocycles. The Hall–Kier alpha value is -3.35. The van der Waals surface area contributed by atoms with E-state index < -0.39 is 18.1 Å². The Morgan fingerprint density at radius 1 is 1.00 bits per heavy atom. The summed E-state index contributed by atoms with van der Waals surface area (Å²) in [6, 6.07) is 15.5. The lowest BCUT2D eigenvalue weighted by molar-refractivity contribution is -0.138. The predicted octanol–water partition coefficient (Wildman–Crippen LogP) is 4.56. The number of ether oxygens (including phenoxy) is 1. The van der Waals surface area contributed by atoms with Gasteiger partial charge in [-0.25, -0.2) is 4.79 Å². The molecule has 0 fully saturated rings. The molecule has 1 aliphatic carbocycles. The highest BCUT2D eigenvalue weighted by Gasteiger charge is 2.30. The normalized spacial score (nSPS) is 14.9. The number of nitrogens with one attached hydrogen (secondary N) is 2. The molecule has 3 N–H and O–H groups in total. The predicted molar refractivity (Wildman–Crippen MR) is 130 cm³/mol. The van der Waals surface area contributed by atoms with Gasteiger partial charge >= 0.3 is 12.1 Å². The molecule has 3 unspecified atom stereocenters. The summed E-state index contributed by atoms with van der Waals surface area (Å²) >= 11 is 0. The molecule has 2 aromatic rings. The second kappa shape index (κ2) is 11.7. The van der Waals surface area contributed by atoms with Gasteiger partial charge in [-0.05, 0) is 40.5 Å². The highest BCUT2D eigenvalue weighted by atomic mass is 16.5. The van der Waals surface area contributed by atoms with E-state index in [1.54, 1.807) is 0 Å². The quantitative estimate of drug-likeness (QED) is 0.450. The lowest BCUT2D eigenvalue weighted by atomic mass is 9.98. The van der Waals surface area contributed by atoms with Gasteiger partial charge in [-0.15, -0.1) is 0 Å². The van der Waals surface area contributed by atoms with Crippen LogP contribution < -0.4 is 10.6 Å². The standard InChI is InChI=1S/C27H34N2O5/c1-4-18(3)25(26(32)28-14-13-17(2)15-24(30)31)29-27(33)34-16-23-21-11-7-5-9-19(21)20-10-6-8-12-22(20)23/h5-12,17-18,23,25H,4,13-16H2,1-3H3,(H,28,32)(H,29,33)(H,30,31).